The highest BCUT2D eigenvalue weighted by Crippen LogP contribution is 1.88. The molecule has 3 nitrogen and oxygen atoms in total. The van der Waals surface area contributed by atoms with Gasteiger partial charge in [0.15, 0.2) is 0 Å². The SMILES string of the molecule is COCCCCNC[C@@H](C)OC. The first-order valence-corrected chi connectivity index (χ1v) is 4.53. The van der Waals surface area contributed by atoms with E-state index in [0.29, 0.717) is 6.10 Å². The van der Waals surface area contributed by atoms with Gasteiger partial charge in [-0.3, -0.25) is 0 Å². The second kappa shape index (κ2) is 8.97. The van der Waals surface area contributed by atoms with Crippen LogP contribution in [0.3, 0.4) is 0 Å². The minimum Gasteiger partial charge on any atom is -0.385 e. The van der Waals surface area contributed by atoms with Gasteiger partial charge in [-0.05, 0) is 26.3 Å². The number of nitrogens with one attached hydrogen (secondary N) is 1. The Morgan fingerprint density at radius 3 is 2.58 bits per heavy atom. The zero-order chi connectivity index (χ0) is 9.23. The van der Waals surface area contributed by atoms with E-state index in [1.54, 1.807) is 14.2 Å². The smallest absolute Gasteiger partial charge is 0.0667 e. The molecule has 74 valence electrons. The minimum absolute atomic E-state index is 0.312. The first-order valence-electron chi connectivity index (χ1n) is 4.53. The van der Waals surface area contributed by atoms with Crippen molar-refractivity contribution < 1.29 is 9.47 Å². The van der Waals surface area contributed by atoms with Crippen LogP contribution in [-0.4, -0.2) is 40.0 Å². The molecule has 0 saturated heterocycles. The van der Waals surface area contributed by atoms with Gasteiger partial charge in [0.1, 0.15) is 0 Å². The van der Waals surface area contributed by atoms with Crippen LogP contribution < -0.4 is 5.32 Å². The van der Waals surface area contributed by atoms with Gasteiger partial charge in [0.25, 0.3) is 0 Å². The maximum absolute atomic E-state index is 5.09. The third kappa shape index (κ3) is 7.98. The zero-order valence-corrected chi connectivity index (χ0v) is 8.43. The summed E-state index contributed by atoms with van der Waals surface area (Å²) >= 11 is 0. The van der Waals surface area contributed by atoms with E-state index in [4.69, 9.17) is 9.47 Å². The van der Waals surface area contributed by atoms with Crippen LogP contribution in [-0.2, 0) is 9.47 Å². The summed E-state index contributed by atoms with van der Waals surface area (Å²) in [6, 6.07) is 0. The normalized spacial score (nSPS) is 13.2. The number of methoxy groups -OCH3 is 2. The number of hydrogen-bond donors (Lipinski definition) is 1. The largest absolute Gasteiger partial charge is 0.385 e. The average Bonchev–Trinajstić information content (AvgIpc) is 2.10. The summed E-state index contributed by atoms with van der Waals surface area (Å²) in [7, 11) is 3.47. The van der Waals surface area contributed by atoms with Gasteiger partial charge in [-0.2, -0.15) is 0 Å². The molecule has 0 fully saturated rings. The predicted octanol–water partition coefficient (Wildman–Crippen LogP) is 1.04. The molecule has 0 aliphatic rings. The summed E-state index contributed by atoms with van der Waals surface area (Å²) in [5.41, 5.74) is 0. The Morgan fingerprint density at radius 1 is 1.25 bits per heavy atom. The number of hydrogen-bond acceptors (Lipinski definition) is 3. The van der Waals surface area contributed by atoms with Crippen LogP contribution in [0.1, 0.15) is 19.8 Å². The van der Waals surface area contributed by atoms with E-state index >= 15 is 0 Å². The lowest BCUT2D eigenvalue weighted by molar-refractivity contribution is 0.117. The summed E-state index contributed by atoms with van der Waals surface area (Å²) < 4.78 is 10.0. The van der Waals surface area contributed by atoms with E-state index in [-0.39, 0.29) is 0 Å². The van der Waals surface area contributed by atoms with Crippen LogP contribution in [0.25, 0.3) is 0 Å². The van der Waals surface area contributed by atoms with Crippen LogP contribution in [0.5, 0.6) is 0 Å². The van der Waals surface area contributed by atoms with Gasteiger partial charge in [0, 0.05) is 27.4 Å². The summed E-state index contributed by atoms with van der Waals surface area (Å²) in [4.78, 5) is 0. The van der Waals surface area contributed by atoms with Crippen LogP contribution in [0.15, 0.2) is 0 Å². The van der Waals surface area contributed by atoms with Crippen molar-refractivity contribution in [2.45, 2.75) is 25.9 Å². The van der Waals surface area contributed by atoms with Gasteiger partial charge in [-0.1, -0.05) is 0 Å². The zero-order valence-electron chi connectivity index (χ0n) is 8.43. The Labute approximate surface area is 75.4 Å². The lowest BCUT2D eigenvalue weighted by Crippen LogP contribution is -2.26. The molecule has 0 amide bonds. The first-order chi connectivity index (χ1) is 5.81. The standard InChI is InChI=1S/C9H21NO2/c1-9(12-3)8-10-6-4-5-7-11-2/h9-10H,4-8H2,1-3H3/t9-/m1/s1. The predicted molar refractivity (Wildman–Crippen MR) is 50.5 cm³/mol. The Hall–Kier alpha value is -0.120. The maximum Gasteiger partial charge on any atom is 0.0667 e. The Balaban J connectivity index is 2.90. The molecule has 0 bridgehead atoms. The molecule has 0 aromatic heterocycles. The van der Waals surface area contributed by atoms with E-state index in [1.165, 1.54) is 6.42 Å². The van der Waals surface area contributed by atoms with Crippen LogP contribution in [0.2, 0.25) is 0 Å². The molecule has 0 saturated carbocycles. The van der Waals surface area contributed by atoms with Gasteiger partial charge < -0.3 is 14.8 Å². The highest BCUT2D eigenvalue weighted by Gasteiger charge is 1.96. The molecule has 0 heterocycles. The molecule has 0 unspecified atom stereocenters. The van der Waals surface area contributed by atoms with Crippen molar-refractivity contribution >= 4 is 0 Å². The van der Waals surface area contributed by atoms with E-state index in [0.717, 1.165) is 26.1 Å². The molecule has 1 atom stereocenters. The fourth-order valence-electron chi connectivity index (χ4n) is 0.885. The molecule has 0 aromatic carbocycles. The monoisotopic (exact) mass is 175 g/mol. The molecule has 1 N–H and O–H groups in total. The summed E-state index contributed by atoms with van der Waals surface area (Å²) in [6.07, 6.45) is 2.61. The van der Waals surface area contributed by atoms with Crippen molar-refractivity contribution in [3.05, 3.63) is 0 Å². The summed E-state index contributed by atoms with van der Waals surface area (Å²) in [5.74, 6) is 0. The Kier molecular flexibility index (Phi) is 8.88. The highest BCUT2D eigenvalue weighted by atomic mass is 16.5. The molecule has 0 aliphatic carbocycles. The van der Waals surface area contributed by atoms with E-state index in [9.17, 15) is 0 Å². The fourth-order valence-corrected chi connectivity index (χ4v) is 0.885. The number of rotatable bonds is 8. The fraction of sp³-hybridized carbons (Fsp3) is 1.00. The summed E-state index contributed by atoms with van der Waals surface area (Å²) in [5, 5.41) is 3.31. The van der Waals surface area contributed by atoms with Crippen molar-refractivity contribution in [2.75, 3.05) is 33.9 Å². The lowest BCUT2D eigenvalue weighted by atomic mass is 10.3. The molecule has 0 rings (SSSR count). The average molecular weight is 175 g/mol. The van der Waals surface area contributed by atoms with Crippen molar-refractivity contribution in [3.8, 4) is 0 Å². The third-order valence-electron chi connectivity index (χ3n) is 1.79. The first kappa shape index (κ1) is 11.9. The van der Waals surface area contributed by atoms with Crippen molar-refractivity contribution in [2.24, 2.45) is 0 Å². The minimum atomic E-state index is 0.312. The van der Waals surface area contributed by atoms with Gasteiger partial charge in [0.05, 0.1) is 6.10 Å². The van der Waals surface area contributed by atoms with Gasteiger partial charge in [-0.15, -0.1) is 0 Å². The quantitative estimate of drug-likeness (QED) is 0.559. The molecule has 12 heavy (non-hydrogen) atoms. The van der Waals surface area contributed by atoms with Gasteiger partial charge in [-0.25, -0.2) is 0 Å². The van der Waals surface area contributed by atoms with E-state index in [1.807, 2.05) is 0 Å². The molecule has 0 aromatic rings. The molecule has 0 spiro atoms. The number of unbranched alkanes of at least 4 members (excludes halogenated alkanes) is 1. The maximum atomic E-state index is 5.09. The van der Waals surface area contributed by atoms with Crippen LogP contribution in [0, 0.1) is 0 Å². The molecule has 0 radical (unpaired) electrons. The number of ether oxygens (including phenoxy) is 2. The third-order valence-corrected chi connectivity index (χ3v) is 1.79. The molecule has 0 aliphatic heterocycles. The van der Waals surface area contributed by atoms with Gasteiger partial charge in [0.2, 0.25) is 0 Å². The summed E-state index contributed by atoms with van der Waals surface area (Å²) in [6.45, 7) is 4.91. The van der Waals surface area contributed by atoms with E-state index in [2.05, 4.69) is 12.2 Å². The topological polar surface area (TPSA) is 30.5 Å². The van der Waals surface area contributed by atoms with Crippen LogP contribution in [0.4, 0.5) is 0 Å². The molecule has 3 heteroatoms. The van der Waals surface area contributed by atoms with Crippen molar-refractivity contribution in [1.29, 1.82) is 0 Å². The second-order valence-electron chi connectivity index (χ2n) is 2.95. The van der Waals surface area contributed by atoms with Gasteiger partial charge >= 0.3 is 0 Å². The second-order valence-corrected chi connectivity index (χ2v) is 2.95. The van der Waals surface area contributed by atoms with E-state index < -0.39 is 0 Å². The highest BCUT2D eigenvalue weighted by molar-refractivity contribution is 4.54. The van der Waals surface area contributed by atoms with Crippen molar-refractivity contribution in [1.82, 2.24) is 5.32 Å². The van der Waals surface area contributed by atoms with Crippen molar-refractivity contribution in [3.63, 3.8) is 0 Å². The molecular formula is C9H21NO2. The lowest BCUT2D eigenvalue weighted by Gasteiger charge is -2.10. The Morgan fingerprint density at radius 2 is 2.00 bits per heavy atom. The Bertz CT molecular complexity index is 88.6. The van der Waals surface area contributed by atoms with Crippen LogP contribution >= 0.6 is 0 Å². The molecular weight excluding hydrogens is 154 g/mol.